The quantitative estimate of drug-likeness (QED) is 0.446. The second kappa shape index (κ2) is 9.76. The van der Waals surface area contributed by atoms with Crippen LogP contribution in [0, 0.1) is 5.92 Å². The van der Waals surface area contributed by atoms with Crippen LogP contribution >= 0.6 is 0 Å². The molecule has 1 aliphatic carbocycles. The summed E-state index contributed by atoms with van der Waals surface area (Å²) in [4.78, 5) is 0. The number of hydrogen-bond donors (Lipinski definition) is 0. The highest BCUT2D eigenvalue weighted by Gasteiger charge is 2.23. The first-order valence-electron chi connectivity index (χ1n) is 10.6. The molecule has 0 unspecified atom stereocenters. The molecule has 0 bridgehead atoms. The van der Waals surface area contributed by atoms with Crippen molar-refractivity contribution in [3.8, 4) is 11.1 Å². The summed E-state index contributed by atoms with van der Waals surface area (Å²) in [5, 5.41) is 0. The summed E-state index contributed by atoms with van der Waals surface area (Å²) in [7, 11) is 0. The van der Waals surface area contributed by atoms with E-state index < -0.39 is 0 Å². The molecule has 3 rings (SSSR count). The topological polar surface area (TPSA) is 0 Å². The van der Waals surface area contributed by atoms with Crippen LogP contribution in [0.25, 0.3) is 11.1 Å². The Labute approximate surface area is 160 Å². The van der Waals surface area contributed by atoms with Crippen molar-refractivity contribution in [2.75, 3.05) is 0 Å². The van der Waals surface area contributed by atoms with Crippen molar-refractivity contribution in [2.45, 2.75) is 71.1 Å². The van der Waals surface area contributed by atoms with Gasteiger partial charge < -0.3 is 0 Å². The second-order valence-electron chi connectivity index (χ2n) is 7.90. The third kappa shape index (κ3) is 4.87. The highest BCUT2D eigenvalue weighted by atomic mass is 14.3. The molecule has 0 amide bonds. The third-order valence-electron chi connectivity index (χ3n) is 6.03. The Kier molecular flexibility index (Phi) is 7.12. The third-order valence-corrected chi connectivity index (χ3v) is 6.03. The number of aryl methyl sites for hydroxylation is 1. The van der Waals surface area contributed by atoms with Crippen LogP contribution in [0.1, 0.15) is 75.8 Å². The van der Waals surface area contributed by atoms with Gasteiger partial charge in [-0.05, 0) is 86.0 Å². The van der Waals surface area contributed by atoms with Crippen molar-refractivity contribution in [1.82, 2.24) is 0 Å². The average molecular weight is 347 g/mol. The number of allylic oxidation sites excluding steroid dienone is 2. The van der Waals surface area contributed by atoms with Gasteiger partial charge in [0.05, 0.1) is 0 Å². The van der Waals surface area contributed by atoms with E-state index in [1.54, 1.807) is 5.56 Å². The zero-order valence-electron chi connectivity index (χ0n) is 16.6. The van der Waals surface area contributed by atoms with Gasteiger partial charge in [-0.25, -0.2) is 0 Å². The van der Waals surface area contributed by atoms with Gasteiger partial charge in [0, 0.05) is 0 Å². The molecular weight excluding hydrogens is 312 g/mol. The molecule has 2 aromatic carbocycles. The SMILES string of the molecule is C/C=C/CCC1CCC(c2ccccc2-c2ccc(CCC)cc2)CC1. The molecule has 0 heterocycles. The Morgan fingerprint density at radius 1 is 0.923 bits per heavy atom. The number of hydrogen-bond acceptors (Lipinski definition) is 0. The maximum atomic E-state index is 2.38. The van der Waals surface area contributed by atoms with E-state index in [-0.39, 0.29) is 0 Å². The summed E-state index contributed by atoms with van der Waals surface area (Å²) in [5.74, 6) is 1.67. The summed E-state index contributed by atoms with van der Waals surface area (Å²) in [6.07, 6.45) is 15.0. The van der Waals surface area contributed by atoms with Gasteiger partial charge in [-0.2, -0.15) is 0 Å². The molecule has 0 atom stereocenters. The van der Waals surface area contributed by atoms with Gasteiger partial charge in [0.25, 0.3) is 0 Å². The number of rotatable bonds is 7. The first-order chi connectivity index (χ1) is 12.8. The Morgan fingerprint density at radius 3 is 2.35 bits per heavy atom. The lowest BCUT2D eigenvalue weighted by Gasteiger charge is -2.30. The van der Waals surface area contributed by atoms with Gasteiger partial charge in [-0.1, -0.05) is 74.0 Å². The maximum Gasteiger partial charge on any atom is -0.0149 e. The molecular formula is C26H34. The van der Waals surface area contributed by atoms with Crippen molar-refractivity contribution in [3.05, 3.63) is 71.8 Å². The Bertz CT molecular complexity index is 684. The minimum atomic E-state index is 0.736. The first-order valence-corrected chi connectivity index (χ1v) is 10.6. The highest BCUT2D eigenvalue weighted by Crippen LogP contribution is 2.41. The zero-order chi connectivity index (χ0) is 18.2. The lowest BCUT2D eigenvalue weighted by atomic mass is 9.75. The number of benzene rings is 2. The van der Waals surface area contributed by atoms with Crippen molar-refractivity contribution in [2.24, 2.45) is 5.92 Å². The van der Waals surface area contributed by atoms with Gasteiger partial charge in [0.1, 0.15) is 0 Å². The van der Waals surface area contributed by atoms with E-state index >= 15 is 0 Å². The van der Waals surface area contributed by atoms with E-state index in [4.69, 9.17) is 0 Å². The fourth-order valence-corrected chi connectivity index (χ4v) is 4.52. The van der Waals surface area contributed by atoms with Crippen LogP contribution in [0.4, 0.5) is 0 Å². The molecule has 0 nitrogen and oxygen atoms in total. The fourth-order valence-electron chi connectivity index (χ4n) is 4.52. The molecule has 0 heteroatoms. The molecule has 0 aromatic heterocycles. The van der Waals surface area contributed by atoms with Crippen molar-refractivity contribution in [3.63, 3.8) is 0 Å². The minimum Gasteiger partial charge on any atom is -0.0917 e. The Hall–Kier alpha value is -1.82. The van der Waals surface area contributed by atoms with Gasteiger partial charge in [0.2, 0.25) is 0 Å². The lowest BCUT2D eigenvalue weighted by molar-refractivity contribution is 0.312. The average Bonchev–Trinajstić information content (AvgIpc) is 2.70. The summed E-state index contributed by atoms with van der Waals surface area (Å²) >= 11 is 0. The smallest absolute Gasteiger partial charge is 0.0149 e. The molecule has 0 spiro atoms. The van der Waals surface area contributed by atoms with Gasteiger partial charge in [-0.3, -0.25) is 0 Å². The largest absolute Gasteiger partial charge is 0.0917 e. The summed E-state index contributed by atoms with van der Waals surface area (Å²) in [5.41, 5.74) is 5.86. The van der Waals surface area contributed by atoms with Crippen LogP contribution in [0.2, 0.25) is 0 Å². The normalized spacial score (nSPS) is 20.5. The first kappa shape index (κ1) is 19.0. The predicted molar refractivity (Wildman–Crippen MR) is 115 cm³/mol. The molecule has 26 heavy (non-hydrogen) atoms. The second-order valence-corrected chi connectivity index (χ2v) is 7.90. The van der Waals surface area contributed by atoms with Gasteiger partial charge in [0.15, 0.2) is 0 Å². The van der Waals surface area contributed by atoms with E-state index in [1.165, 1.54) is 68.1 Å². The van der Waals surface area contributed by atoms with Crippen LogP contribution in [0.15, 0.2) is 60.7 Å². The summed E-state index contributed by atoms with van der Waals surface area (Å²) < 4.78 is 0. The van der Waals surface area contributed by atoms with Crippen LogP contribution in [0.5, 0.6) is 0 Å². The molecule has 0 aliphatic heterocycles. The fraction of sp³-hybridized carbons (Fsp3) is 0.462. The summed E-state index contributed by atoms with van der Waals surface area (Å²) in [6.45, 7) is 4.38. The van der Waals surface area contributed by atoms with Gasteiger partial charge >= 0.3 is 0 Å². The maximum absolute atomic E-state index is 2.38. The van der Waals surface area contributed by atoms with Crippen LogP contribution in [-0.4, -0.2) is 0 Å². The van der Waals surface area contributed by atoms with Crippen molar-refractivity contribution in [1.29, 1.82) is 0 Å². The van der Waals surface area contributed by atoms with E-state index in [0.29, 0.717) is 0 Å². The Morgan fingerprint density at radius 2 is 1.65 bits per heavy atom. The van der Waals surface area contributed by atoms with Crippen LogP contribution in [-0.2, 0) is 6.42 Å². The molecule has 0 N–H and O–H groups in total. The summed E-state index contributed by atoms with van der Waals surface area (Å²) in [6, 6.07) is 18.4. The van der Waals surface area contributed by atoms with Crippen LogP contribution < -0.4 is 0 Å². The van der Waals surface area contributed by atoms with E-state index in [0.717, 1.165) is 11.8 Å². The molecule has 1 aliphatic rings. The molecule has 1 saturated carbocycles. The highest BCUT2D eigenvalue weighted by molar-refractivity contribution is 5.68. The zero-order valence-corrected chi connectivity index (χ0v) is 16.6. The Balaban J connectivity index is 1.70. The van der Waals surface area contributed by atoms with Crippen LogP contribution in [0.3, 0.4) is 0 Å². The standard InChI is InChI=1S/C26H34/c1-3-5-6-10-22-15-19-24(20-16-22)26-12-8-7-11-25(26)23-17-13-21(9-4-2)14-18-23/h3,5,7-8,11-14,17-18,22,24H,4,6,9-10,15-16,19-20H2,1-2H3/b5-3+. The minimum absolute atomic E-state index is 0.736. The van der Waals surface area contributed by atoms with E-state index in [1.807, 2.05) is 0 Å². The monoisotopic (exact) mass is 346 g/mol. The van der Waals surface area contributed by atoms with Gasteiger partial charge in [-0.15, -0.1) is 0 Å². The molecule has 0 radical (unpaired) electrons. The van der Waals surface area contributed by atoms with E-state index in [9.17, 15) is 0 Å². The van der Waals surface area contributed by atoms with Crippen molar-refractivity contribution >= 4 is 0 Å². The lowest BCUT2D eigenvalue weighted by Crippen LogP contribution is -2.14. The molecule has 2 aromatic rings. The van der Waals surface area contributed by atoms with E-state index in [2.05, 4.69) is 74.5 Å². The molecule has 0 saturated heterocycles. The predicted octanol–water partition coefficient (Wildman–Crippen LogP) is 7.94. The molecule has 1 fully saturated rings. The molecule has 138 valence electrons. The van der Waals surface area contributed by atoms with Crippen molar-refractivity contribution < 1.29 is 0 Å².